The predicted octanol–water partition coefficient (Wildman–Crippen LogP) is 3.90. The van der Waals surface area contributed by atoms with Gasteiger partial charge in [-0.25, -0.2) is 19.7 Å². The molecule has 0 spiro atoms. The molecule has 166 valence electrons. The molecule has 1 fully saturated rings. The summed E-state index contributed by atoms with van der Waals surface area (Å²) in [5, 5.41) is 10.1. The van der Waals surface area contributed by atoms with Gasteiger partial charge < -0.3 is 14.5 Å². The number of ether oxygens (including phenoxy) is 1. The van der Waals surface area contributed by atoms with Gasteiger partial charge in [0.2, 0.25) is 0 Å². The summed E-state index contributed by atoms with van der Waals surface area (Å²) < 4.78 is 8.20. The first-order chi connectivity index (χ1) is 15.2. The molecule has 3 aromatic heterocycles. The van der Waals surface area contributed by atoms with Crippen LogP contribution in [0.5, 0.6) is 0 Å². The molecule has 0 radical (unpaired) electrons. The fraction of sp³-hybridized carbons (Fsp3) is 0.409. The number of nitrogens with zero attached hydrogens (tertiary/aromatic N) is 7. The number of carbonyl (C=O) groups excluding carboxylic acids is 1. The molecular formula is C22H24BrN7O2. The molecule has 1 aliphatic rings. The van der Waals surface area contributed by atoms with Gasteiger partial charge in [-0.15, -0.1) is 0 Å². The summed E-state index contributed by atoms with van der Waals surface area (Å²) in [5.74, 6) is 1.39. The van der Waals surface area contributed by atoms with E-state index in [2.05, 4.69) is 48.8 Å². The minimum absolute atomic E-state index is 0.0321. The standard InChI is InChI=1S/C22H24BrN7O2/c1-14-11-28(21(31)32-22(2,3)4)7-8-29(14)19-18-16(23)12-30(20(18)27-13-26-19)17-9-15(10-24)5-6-25-17/h5-6,9,12-14H,7-8,11H2,1-4H3/t14-/m0/s1. The third-order valence-electron chi connectivity index (χ3n) is 5.19. The number of carbonyl (C=O) groups is 1. The normalized spacial score (nSPS) is 16.8. The number of rotatable bonds is 2. The number of nitriles is 1. The van der Waals surface area contributed by atoms with Crippen molar-refractivity contribution in [1.29, 1.82) is 5.26 Å². The van der Waals surface area contributed by atoms with Crippen molar-refractivity contribution < 1.29 is 9.53 Å². The molecule has 0 N–H and O–H groups in total. The van der Waals surface area contributed by atoms with E-state index < -0.39 is 5.60 Å². The number of pyridine rings is 1. The molecule has 0 bridgehead atoms. The Morgan fingerprint density at radius 3 is 2.75 bits per heavy atom. The number of amides is 1. The van der Waals surface area contributed by atoms with Gasteiger partial charge in [-0.2, -0.15) is 5.26 Å². The summed E-state index contributed by atoms with van der Waals surface area (Å²) >= 11 is 3.65. The van der Waals surface area contributed by atoms with E-state index in [9.17, 15) is 10.1 Å². The van der Waals surface area contributed by atoms with Crippen molar-refractivity contribution >= 4 is 38.9 Å². The molecular weight excluding hydrogens is 474 g/mol. The molecule has 1 amide bonds. The molecule has 1 atom stereocenters. The Balaban J connectivity index is 1.65. The molecule has 9 nitrogen and oxygen atoms in total. The Bertz CT molecular complexity index is 1210. The minimum atomic E-state index is -0.527. The topological polar surface area (TPSA) is 100 Å². The molecule has 0 unspecified atom stereocenters. The van der Waals surface area contributed by atoms with Crippen molar-refractivity contribution in [3.8, 4) is 11.9 Å². The van der Waals surface area contributed by atoms with Crippen LogP contribution in [0.25, 0.3) is 16.9 Å². The number of hydrogen-bond acceptors (Lipinski definition) is 7. The van der Waals surface area contributed by atoms with Gasteiger partial charge in [0.05, 0.1) is 17.0 Å². The van der Waals surface area contributed by atoms with Gasteiger partial charge in [0, 0.05) is 42.5 Å². The summed E-state index contributed by atoms with van der Waals surface area (Å²) in [6.07, 6.45) is 4.72. The Morgan fingerprint density at radius 2 is 2.06 bits per heavy atom. The van der Waals surface area contributed by atoms with E-state index in [1.165, 1.54) is 6.33 Å². The van der Waals surface area contributed by atoms with E-state index >= 15 is 0 Å². The van der Waals surface area contributed by atoms with Gasteiger partial charge in [-0.3, -0.25) is 4.57 Å². The summed E-state index contributed by atoms with van der Waals surface area (Å²) in [4.78, 5) is 29.9. The molecule has 4 heterocycles. The quantitative estimate of drug-likeness (QED) is 0.529. The van der Waals surface area contributed by atoms with Gasteiger partial charge in [0.25, 0.3) is 0 Å². The maximum Gasteiger partial charge on any atom is 0.410 e. The first-order valence-corrected chi connectivity index (χ1v) is 11.1. The Morgan fingerprint density at radius 1 is 1.28 bits per heavy atom. The number of anilines is 1. The van der Waals surface area contributed by atoms with Crippen molar-refractivity contribution in [3.63, 3.8) is 0 Å². The number of aromatic nitrogens is 4. The third kappa shape index (κ3) is 4.25. The summed E-state index contributed by atoms with van der Waals surface area (Å²) in [5.41, 5.74) is 0.682. The van der Waals surface area contributed by atoms with Crippen molar-refractivity contribution in [2.24, 2.45) is 0 Å². The zero-order chi connectivity index (χ0) is 23.0. The van der Waals surface area contributed by atoms with Crippen LogP contribution in [0.2, 0.25) is 0 Å². The summed E-state index contributed by atoms with van der Waals surface area (Å²) in [6.45, 7) is 9.35. The smallest absolute Gasteiger partial charge is 0.410 e. The van der Waals surface area contributed by atoms with Crippen molar-refractivity contribution in [1.82, 2.24) is 24.4 Å². The number of halogens is 1. The lowest BCUT2D eigenvalue weighted by Crippen LogP contribution is -2.54. The Kier molecular flexibility index (Phi) is 5.77. The van der Waals surface area contributed by atoms with Crippen LogP contribution in [0.4, 0.5) is 10.6 Å². The van der Waals surface area contributed by atoms with E-state index in [1.807, 2.05) is 31.5 Å². The van der Waals surface area contributed by atoms with Gasteiger partial charge >= 0.3 is 6.09 Å². The number of piperazine rings is 1. The van der Waals surface area contributed by atoms with Crippen LogP contribution in [0, 0.1) is 11.3 Å². The van der Waals surface area contributed by atoms with Crippen LogP contribution in [0.1, 0.15) is 33.3 Å². The highest BCUT2D eigenvalue weighted by Gasteiger charge is 2.32. The monoisotopic (exact) mass is 497 g/mol. The Hall–Kier alpha value is -3.19. The second kappa shape index (κ2) is 8.39. The third-order valence-corrected chi connectivity index (χ3v) is 5.79. The molecule has 32 heavy (non-hydrogen) atoms. The average Bonchev–Trinajstić information content (AvgIpc) is 3.09. The number of fused-ring (bicyclic) bond motifs is 1. The zero-order valence-corrected chi connectivity index (χ0v) is 20.0. The molecule has 3 aromatic rings. The van der Waals surface area contributed by atoms with E-state index in [1.54, 1.807) is 23.2 Å². The first-order valence-electron chi connectivity index (χ1n) is 10.3. The first kappa shape index (κ1) is 22.0. The second-order valence-electron chi connectivity index (χ2n) is 8.73. The molecule has 4 rings (SSSR count). The van der Waals surface area contributed by atoms with E-state index in [0.29, 0.717) is 36.7 Å². The van der Waals surface area contributed by atoms with Crippen molar-refractivity contribution in [2.45, 2.75) is 39.3 Å². The van der Waals surface area contributed by atoms with Crippen molar-refractivity contribution in [2.75, 3.05) is 24.5 Å². The highest BCUT2D eigenvalue weighted by atomic mass is 79.9. The highest BCUT2D eigenvalue weighted by Crippen LogP contribution is 2.35. The van der Waals surface area contributed by atoms with Crippen LogP contribution in [0.3, 0.4) is 0 Å². The molecule has 1 saturated heterocycles. The number of hydrogen-bond donors (Lipinski definition) is 0. The molecule has 0 aromatic carbocycles. The predicted molar refractivity (Wildman–Crippen MR) is 124 cm³/mol. The van der Waals surface area contributed by atoms with E-state index in [-0.39, 0.29) is 12.1 Å². The van der Waals surface area contributed by atoms with Gasteiger partial charge in [-0.05, 0) is 55.8 Å². The molecule has 1 aliphatic heterocycles. The van der Waals surface area contributed by atoms with Crippen LogP contribution >= 0.6 is 15.9 Å². The van der Waals surface area contributed by atoms with E-state index in [4.69, 9.17) is 4.74 Å². The second-order valence-corrected chi connectivity index (χ2v) is 9.58. The lowest BCUT2D eigenvalue weighted by Gasteiger charge is -2.41. The molecule has 0 saturated carbocycles. The van der Waals surface area contributed by atoms with Crippen LogP contribution in [-0.2, 0) is 4.74 Å². The van der Waals surface area contributed by atoms with Crippen LogP contribution in [-0.4, -0.2) is 61.8 Å². The maximum absolute atomic E-state index is 12.5. The fourth-order valence-corrected chi connectivity index (χ4v) is 4.34. The lowest BCUT2D eigenvalue weighted by atomic mass is 10.1. The SMILES string of the molecule is C[C@H]1CN(C(=O)OC(C)(C)C)CCN1c1ncnc2c1c(Br)cn2-c1cc(C#N)ccn1. The minimum Gasteiger partial charge on any atom is -0.444 e. The van der Waals surface area contributed by atoms with E-state index in [0.717, 1.165) is 15.7 Å². The highest BCUT2D eigenvalue weighted by molar-refractivity contribution is 9.10. The molecule has 0 aliphatic carbocycles. The Labute approximate surface area is 194 Å². The molecule has 10 heteroatoms. The lowest BCUT2D eigenvalue weighted by molar-refractivity contribution is 0.0218. The van der Waals surface area contributed by atoms with Gasteiger partial charge in [0.15, 0.2) is 5.65 Å². The van der Waals surface area contributed by atoms with Crippen LogP contribution < -0.4 is 4.90 Å². The largest absolute Gasteiger partial charge is 0.444 e. The average molecular weight is 498 g/mol. The zero-order valence-electron chi connectivity index (χ0n) is 18.4. The van der Waals surface area contributed by atoms with Crippen molar-refractivity contribution in [3.05, 3.63) is 40.9 Å². The fourth-order valence-electron chi connectivity index (χ4n) is 3.78. The van der Waals surface area contributed by atoms with Gasteiger partial charge in [0.1, 0.15) is 23.6 Å². The summed E-state index contributed by atoms with van der Waals surface area (Å²) in [6, 6.07) is 5.55. The summed E-state index contributed by atoms with van der Waals surface area (Å²) in [7, 11) is 0. The van der Waals surface area contributed by atoms with Crippen LogP contribution in [0.15, 0.2) is 35.3 Å². The van der Waals surface area contributed by atoms with Gasteiger partial charge in [-0.1, -0.05) is 0 Å². The maximum atomic E-state index is 12.5.